The molecule has 0 fully saturated rings. The molecule has 1 aromatic heterocycles. The van der Waals surface area contributed by atoms with Gasteiger partial charge in [0, 0.05) is 11.1 Å². The second kappa shape index (κ2) is 5.39. The van der Waals surface area contributed by atoms with Gasteiger partial charge >= 0.3 is 0 Å². The van der Waals surface area contributed by atoms with Crippen molar-refractivity contribution in [1.82, 2.24) is 4.98 Å². The number of hydrogen-bond donors (Lipinski definition) is 1. The number of hydrogen-bond acceptors (Lipinski definition) is 4. The predicted octanol–water partition coefficient (Wildman–Crippen LogP) is 3.36. The van der Waals surface area contributed by atoms with Crippen LogP contribution in [0.2, 0.25) is 5.02 Å². The Balaban J connectivity index is 2.27. The van der Waals surface area contributed by atoms with E-state index in [1.54, 1.807) is 37.6 Å². The van der Waals surface area contributed by atoms with Crippen molar-refractivity contribution in [3.63, 3.8) is 0 Å². The molecule has 2 aromatic rings. The van der Waals surface area contributed by atoms with Crippen LogP contribution in [0.25, 0.3) is 0 Å². The Morgan fingerprint density at radius 2 is 2.17 bits per heavy atom. The van der Waals surface area contributed by atoms with Gasteiger partial charge in [-0.1, -0.05) is 11.6 Å². The van der Waals surface area contributed by atoms with Gasteiger partial charge in [0.25, 0.3) is 0 Å². The van der Waals surface area contributed by atoms with E-state index < -0.39 is 0 Å². The maximum atomic E-state index is 9.00. The Labute approximate surface area is 110 Å². The molecule has 1 N–H and O–H groups in total. The first-order chi connectivity index (χ1) is 8.72. The first kappa shape index (κ1) is 12.2. The van der Waals surface area contributed by atoms with Crippen molar-refractivity contribution in [2.24, 2.45) is 0 Å². The zero-order valence-corrected chi connectivity index (χ0v) is 10.4. The molecule has 0 aliphatic carbocycles. The van der Waals surface area contributed by atoms with E-state index in [-0.39, 0.29) is 0 Å². The number of benzene rings is 1. The molecule has 0 unspecified atom stereocenters. The molecule has 0 atom stereocenters. The molecule has 0 bridgehead atoms. The van der Waals surface area contributed by atoms with Crippen LogP contribution in [0, 0.1) is 11.3 Å². The number of nitrogens with zero attached hydrogens (tertiary/aromatic N) is 2. The molecule has 0 saturated carbocycles. The number of aromatic nitrogens is 1. The maximum Gasteiger partial charge on any atom is 0.213 e. The lowest BCUT2D eigenvalue weighted by molar-refractivity contribution is 0.398. The van der Waals surface area contributed by atoms with E-state index in [4.69, 9.17) is 21.6 Å². The van der Waals surface area contributed by atoms with Crippen molar-refractivity contribution in [3.8, 4) is 11.9 Å². The number of rotatable bonds is 3. The summed E-state index contributed by atoms with van der Waals surface area (Å²) < 4.78 is 4.97. The number of ether oxygens (including phenoxy) is 1. The first-order valence-electron chi connectivity index (χ1n) is 5.19. The van der Waals surface area contributed by atoms with Crippen LogP contribution in [0.5, 0.6) is 5.88 Å². The van der Waals surface area contributed by atoms with Crippen LogP contribution in [0.15, 0.2) is 36.5 Å². The summed E-state index contributed by atoms with van der Waals surface area (Å²) in [5.41, 5.74) is 1.93. The van der Waals surface area contributed by atoms with Gasteiger partial charge in [0.1, 0.15) is 6.07 Å². The summed E-state index contributed by atoms with van der Waals surface area (Å²) in [5, 5.41) is 12.7. The van der Waals surface area contributed by atoms with Crippen LogP contribution in [0.3, 0.4) is 0 Å². The van der Waals surface area contributed by atoms with Gasteiger partial charge in [-0.15, -0.1) is 0 Å². The lowest BCUT2D eigenvalue weighted by Gasteiger charge is -2.08. The minimum atomic E-state index is 0.523. The Hall–Kier alpha value is -2.25. The van der Waals surface area contributed by atoms with Gasteiger partial charge in [-0.2, -0.15) is 5.26 Å². The van der Waals surface area contributed by atoms with Crippen molar-refractivity contribution in [3.05, 3.63) is 47.1 Å². The maximum absolute atomic E-state index is 9.00. The van der Waals surface area contributed by atoms with Gasteiger partial charge in [0.2, 0.25) is 5.88 Å². The number of pyridine rings is 1. The lowest BCUT2D eigenvalue weighted by Crippen LogP contribution is -1.95. The third-order valence-corrected chi connectivity index (χ3v) is 2.56. The number of anilines is 2. The monoisotopic (exact) mass is 259 g/mol. The highest BCUT2D eigenvalue weighted by molar-refractivity contribution is 6.30. The normalized spacial score (nSPS) is 9.61. The smallest absolute Gasteiger partial charge is 0.213 e. The number of halogens is 1. The minimum absolute atomic E-state index is 0.523. The third-order valence-electron chi connectivity index (χ3n) is 2.33. The van der Waals surface area contributed by atoms with Gasteiger partial charge in [-0.3, -0.25) is 0 Å². The number of methoxy groups -OCH3 is 1. The lowest BCUT2D eigenvalue weighted by atomic mass is 10.2. The van der Waals surface area contributed by atoms with E-state index in [1.807, 2.05) is 6.07 Å². The van der Waals surface area contributed by atoms with Crippen LogP contribution in [0.1, 0.15) is 5.56 Å². The zero-order valence-electron chi connectivity index (χ0n) is 9.64. The van der Waals surface area contributed by atoms with Crippen molar-refractivity contribution in [2.75, 3.05) is 12.4 Å². The van der Waals surface area contributed by atoms with Crippen LogP contribution in [-0.2, 0) is 0 Å². The SMILES string of the molecule is COc1ccc(Nc2cc(Cl)ccc2C#N)cn1. The average Bonchev–Trinajstić information content (AvgIpc) is 2.40. The fourth-order valence-electron chi connectivity index (χ4n) is 1.45. The summed E-state index contributed by atoms with van der Waals surface area (Å²) in [5.74, 6) is 0.534. The topological polar surface area (TPSA) is 57.9 Å². The van der Waals surface area contributed by atoms with E-state index >= 15 is 0 Å². The molecule has 18 heavy (non-hydrogen) atoms. The van der Waals surface area contributed by atoms with Gasteiger partial charge in [-0.25, -0.2) is 4.98 Å². The largest absolute Gasteiger partial charge is 0.481 e. The second-order valence-corrected chi connectivity index (χ2v) is 3.95. The Morgan fingerprint density at radius 1 is 1.33 bits per heavy atom. The molecule has 90 valence electrons. The summed E-state index contributed by atoms with van der Waals surface area (Å²) in [4.78, 5) is 4.07. The standard InChI is InChI=1S/C13H10ClN3O/c1-18-13-5-4-11(8-16-13)17-12-6-10(14)3-2-9(12)7-15/h2-6,8,17H,1H3. The zero-order chi connectivity index (χ0) is 13.0. The van der Waals surface area contributed by atoms with E-state index in [2.05, 4.69) is 16.4 Å². The molecule has 0 amide bonds. The van der Waals surface area contributed by atoms with Crippen molar-refractivity contribution < 1.29 is 4.74 Å². The summed E-state index contributed by atoms with van der Waals surface area (Å²) in [6.07, 6.45) is 1.63. The molecular formula is C13H10ClN3O. The summed E-state index contributed by atoms with van der Waals surface area (Å²) in [6, 6.07) is 10.7. The first-order valence-corrected chi connectivity index (χ1v) is 5.57. The highest BCUT2D eigenvalue weighted by atomic mass is 35.5. The summed E-state index contributed by atoms with van der Waals surface area (Å²) >= 11 is 5.90. The molecule has 0 saturated heterocycles. The third kappa shape index (κ3) is 2.70. The molecule has 0 aliphatic rings. The van der Waals surface area contributed by atoms with Crippen LogP contribution in [-0.4, -0.2) is 12.1 Å². The van der Waals surface area contributed by atoms with Crippen LogP contribution >= 0.6 is 11.6 Å². The van der Waals surface area contributed by atoms with Crippen molar-refractivity contribution in [1.29, 1.82) is 5.26 Å². The van der Waals surface area contributed by atoms with E-state index in [1.165, 1.54) is 0 Å². The van der Waals surface area contributed by atoms with E-state index in [0.29, 0.717) is 22.2 Å². The summed E-state index contributed by atoms with van der Waals surface area (Å²) in [6.45, 7) is 0. The highest BCUT2D eigenvalue weighted by Crippen LogP contribution is 2.24. The Morgan fingerprint density at radius 3 is 2.78 bits per heavy atom. The molecule has 5 heteroatoms. The molecule has 0 aliphatic heterocycles. The average molecular weight is 260 g/mol. The number of nitriles is 1. The van der Waals surface area contributed by atoms with Gasteiger partial charge in [0.15, 0.2) is 0 Å². The molecule has 1 heterocycles. The molecule has 2 rings (SSSR count). The highest BCUT2D eigenvalue weighted by Gasteiger charge is 2.04. The molecule has 4 nitrogen and oxygen atoms in total. The second-order valence-electron chi connectivity index (χ2n) is 3.52. The van der Waals surface area contributed by atoms with E-state index in [9.17, 15) is 0 Å². The minimum Gasteiger partial charge on any atom is -0.481 e. The predicted molar refractivity (Wildman–Crippen MR) is 70.2 cm³/mol. The van der Waals surface area contributed by atoms with Gasteiger partial charge in [0.05, 0.1) is 30.2 Å². The quantitative estimate of drug-likeness (QED) is 0.918. The Bertz CT molecular complexity index is 590. The summed E-state index contributed by atoms with van der Waals surface area (Å²) in [7, 11) is 1.56. The van der Waals surface area contributed by atoms with Crippen molar-refractivity contribution in [2.45, 2.75) is 0 Å². The molecular weight excluding hydrogens is 250 g/mol. The fraction of sp³-hybridized carbons (Fsp3) is 0.0769. The fourth-order valence-corrected chi connectivity index (χ4v) is 1.62. The van der Waals surface area contributed by atoms with Crippen molar-refractivity contribution >= 4 is 23.0 Å². The van der Waals surface area contributed by atoms with Crippen LogP contribution < -0.4 is 10.1 Å². The van der Waals surface area contributed by atoms with Gasteiger partial charge < -0.3 is 10.1 Å². The van der Waals surface area contributed by atoms with E-state index in [0.717, 1.165) is 5.69 Å². The molecule has 0 spiro atoms. The molecule has 1 aromatic carbocycles. The van der Waals surface area contributed by atoms with Crippen LogP contribution in [0.4, 0.5) is 11.4 Å². The number of nitrogens with one attached hydrogen (secondary N) is 1. The Kier molecular flexibility index (Phi) is 3.66. The van der Waals surface area contributed by atoms with Gasteiger partial charge in [-0.05, 0) is 24.3 Å². The molecule has 0 radical (unpaired) electrons.